The van der Waals surface area contributed by atoms with Crippen molar-refractivity contribution in [3.63, 3.8) is 0 Å². The van der Waals surface area contributed by atoms with Crippen molar-refractivity contribution in [3.05, 3.63) is 41.6 Å². The Bertz CT molecular complexity index is 891. The second-order valence-corrected chi connectivity index (χ2v) is 8.35. The second-order valence-electron chi connectivity index (χ2n) is 6.61. The first kappa shape index (κ1) is 18.6. The average Bonchev–Trinajstić information content (AvgIpc) is 2.77. The molecule has 0 spiro atoms. The maximum absolute atomic E-state index is 12.4. The summed E-state index contributed by atoms with van der Waals surface area (Å²) in [7, 11) is -1.58. The summed E-state index contributed by atoms with van der Waals surface area (Å²) in [5, 5.41) is 9.68. The zero-order valence-electron chi connectivity index (χ0n) is 14.9. The van der Waals surface area contributed by atoms with E-state index in [1.54, 1.807) is 0 Å². The molecule has 1 amide bonds. The highest BCUT2D eigenvalue weighted by Gasteiger charge is 2.24. The third-order valence-electron chi connectivity index (χ3n) is 4.74. The first-order chi connectivity index (χ1) is 12.3. The SMILES string of the molecule is Cn1nc(-c2ccccc2)c2c1CCN(C(=O)CCCS(N)(=O)=O)CC2. The number of hydrogen-bond donors (Lipinski definition) is 1. The number of primary sulfonamides is 1. The monoisotopic (exact) mass is 376 g/mol. The predicted molar refractivity (Wildman–Crippen MR) is 99.8 cm³/mol. The van der Waals surface area contributed by atoms with Crippen molar-refractivity contribution < 1.29 is 13.2 Å². The van der Waals surface area contributed by atoms with E-state index < -0.39 is 10.0 Å². The lowest BCUT2D eigenvalue weighted by atomic mass is 10.0. The zero-order valence-corrected chi connectivity index (χ0v) is 15.7. The molecule has 3 rings (SSSR count). The molecular formula is C18H24N4O3S. The van der Waals surface area contributed by atoms with E-state index in [2.05, 4.69) is 5.10 Å². The molecule has 0 unspecified atom stereocenters. The molecule has 8 heteroatoms. The van der Waals surface area contributed by atoms with Gasteiger partial charge in [-0.3, -0.25) is 9.48 Å². The van der Waals surface area contributed by atoms with Crippen molar-refractivity contribution >= 4 is 15.9 Å². The van der Waals surface area contributed by atoms with Crippen LogP contribution in [0.5, 0.6) is 0 Å². The van der Waals surface area contributed by atoms with Crippen molar-refractivity contribution in [1.29, 1.82) is 0 Å². The number of carbonyl (C=O) groups is 1. The number of amides is 1. The van der Waals surface area contributed by atoms with E-state index in [-0.39, 0.29) is 24.5 Å². The topological polar surface area (TPSA) is 98.3 Å². The number of aromatic nitrogens is 2. The van der Waals surface area contributed by atoms with E-state index in [0.29, 0.717) is 13.1 Å². The Morgan fingerprint density at radius 3 is 2.58 bits per heavy atom. The summed E-state index contributed by atoms with van der Waals surface area (Å²) < 4.78 is 23.9. The smallest absolute Gasteiger partial charge is 0.222 e. The van der Waals surface area contributed by atoms with Crippen LogP contribution in [0.4, 0.5) is 0 Å². The highest BCUT2D eigenvalue weighted by atomic mass is 32.2. The predicted octanol–water partition coefficient (Wildman–Crippen LogP) is 1.08. The first-order valence-corrected chi connectivity index (χ1v) is 10.4. The van der Waals surface area contributed by atoms with Crippen molar-refractivity contribution in [1.82, 2.24) is 14.7 Å². The molecule has 1 aliphatic rings. The fraction of sp³-hybridized carbons (Fsp3) is 0.444. The summed E-state index contributed by atoms with van der Waals surface area (Å²) in [5.74, 6) is -0.176. The van der Waals surface area contributed by atoms with Gasteiger partial charge in [0.1, 0.15) is 0 Å². The highest BCUT2D eigenvalue weighted by Crippen LogP contribution is 2.28. The third-order valence-corrected chi connectivity index (χ3v) is 5.60. The van der Waals surface area contributed by atoms with Gasteiger partial charge in [0.25, 0.3) is 0 Å². The molecule has 0 saturated heterocycles. The Kier molecular flexibility index (Phi) is 5.43. The van der Waals surface area contributed by atoms with Crippen LogP contribution >= 0.6 is 0 Å². The number of rotatable bonds is 5. The molecule has 2 N–H and O–H groups in total. The van der Waals surface area contributed by atoms with Crippen LogP contribution in [0.1, 0.15) is 24.1 Å². The van der Waals surface area contributed by atoms with Gasteiger partial charge < -0.3 is 4.90 Å². The molecule has 140 valence electrons. The van der Waals surface area contributed by atoms with Gasteiger partial charge in [-0.15, -0.1) is 0 Å². The molecule has 0 atom stereocenters. The Morgan fingerprint density at radius 1 is 1.19 bits per heavy atom. The molecule has 0 aliphatic carbocycles. The Balaban J connectivity index is 1.70. The number of aryl methyl sites for hydroxylation is 1. The minimum atomic E-state index is -3.52. The van der Waals surface area contributed by atoms with Crippen LogP contribution in [-0.2, 0) is 34.7 Å². The lowest BCUT2D eigenvalue weighted by molar-refractivity contribution is -0.131. The van der Waals surface area contributed by atoms with Crippen molar-refractivity contribution in [2.24, 2.45) is 12.2 Å². The van der Waals surface area contributed by atoms with Gasteiger partial charge in [0, 0.05) is 49.8 Å². The van der Waals surface area contributed by atoms with Gasteiger partial charge in [-0.25, -0.2) is 13.6 Å². The van der Waals surface area contributed by atoms with Crippen LogP contribution < -0.4 is 5.14 Å². The van der Waals surface area contributed by atoms with Crippen LogP contribution in [-0.4, -0.2) is 47.8 Å². The number of carbonyl (C=O) groups excluding carboxylic acids is 1. The molecule has 1 aromatic heterocycles. The van der Waals surface area contributed by atoms with E-state index >= 15 is 0 Å². The van der Waals surface area contributed by atoms with Crippen LogP contribution in [0.3, 0.4) is 0 Å². The molecule has 26 heavy (non-hydrogen) atoms. The van der Waals surface area contributed by atoms with Crippen LogP contribution in [0.15, 0.2) is 30.3 Å². The Morgan fingerprint density at radius 2 is 1.88 bits per heavy atom. The standard InChI is InChI=1S/C18H24N4O3S/c1-21-16-10-12-22(17(23)8-5-13-26(19,24)25)11-9-15(16)18(20-21)14-6-3-2-4-7-14/h2-4,6-7H,5,8-13H2,1H3,(H2,19,24,25). The van der Waals surface area contributed by atoms with Crippen LogP contribution in [0.2, 0.25) is 0 Å². The molecule has 0 radical (unpaired) electrons. The molecule has 2 aromatic rings. The van der Waals surface area contributed by atoms with E-state index in [9.17, 15) is 13.2 Å². The van der Waals surface area contributed by atoms with Gasteiger partial charge >= 0.3 is 0 Å². The molecule has 2 heterocycles. The summed E-state index contributed by atoms with van der Waals surface area (Å²) in [6.45, 7) is 1.24. The molecule has 7 nitrogen and oxygen atoms in total. The summed E-state index contributed by atoms with van der Waals surface area (Å²) in [6, 6.07) is 10.1. The van der Waals surface area contributed by atoms with Gasteiger partial charge in [-0.05, 0) is 12.8 Å². The Hall–Kier alpha value is -2.19. The fourth-order valence-electron chi connectivity index (χ4n) is 3.44. The maximum atomic E-state index is 12.4. The summed E-state index contributed by atoms with van der Waals surface area (Å²) in [6.07, 6.45) is 1.95. The third kappa shape index (κ3) is 4.31. The van der Waals surface area contributed by atoms with Crippen LogP contribution in [0, 0.1) is 0 Å². The van der Waals surface area contributed by atoms with Crippen molar-refractivity contribution in [3.8, 4) is 11.3 Å². The Labute approximate surface area is 153 Å². The first-order valence-electron chi connectivity index (χ1n) is 8.73. The molecule has 1 aromatic carbocycles. The number of hydrogen-bond acceptors (Lipinski definition) is 4. The largest absolute Gasteiger partial charge is 0.342 e. The zero-order chi connectivity index (χ0) is 18.7. The van der Waals surface area contributed by atoms with E-state index in [1.807, 2.05) is 47.0 Å². The van der Waals surface area contributed by atoms with Crippen LogP contribution in [0.25, 0.3) is 11.3 Å². The minimum absolute atomic E-state index is 0.0179. The van der Waals surface area contributed by atoms with E-state index in [4.69, 9.17) is 5.14 Å². The molecular weight excluding hydrogens is 352 g/mol. The number of fused-ring (bicyclic) bond motifs is 1. The molecule has 0 bridgehead atoms. The molecule has 1 aliphatic heterocycles. The number of sulfonamides is 1. The summed E-state index contributed by atoms with van der Waals surface area (Å²) >= 11 is 0. The van der Waals surface area contributed by atoms with Gasteiger partial charge in [0.2, 0.25) is 15.9 Å². The lowest BCUT2D eigenvalue weighted by Crippen LogP contribution is -2.33. The average molecular weight is 376 g/mol. The number of benzene rings is 1. The van der Waals surface area contributed by atoms with Gasteiger partial charge in [0.15, 0.2) is 0 Å². The van der Waals surface area contributed by atoms with Gasteiger partial charge in [-0.1, -0.05) is 30.3 Å². The maximum Gasteiger partial charge on any atom is 0.222 e. The lowest BCUT2D eigenvalue weighted by Gasteiger charge is -2.20. The van der Waals surface area contributed by atoms with Crippen molar-refractivity contribution in [2.75, 3.05) is 18.8 Å². The summed E-state index contributed by atoms with van der Waals surface area (Å²) in [4.78, 5) is 14.2. The number of nitrogens with two attached hydrogens (primary N) is 1. The quantitative estimate of drug-likeness (QED) is 0.844. The highest BCUT2D eigenvalue weighted by molar-refractivity contribution is 7.89. The van der Waals surface area contributed by atoms with E-state index in [0.717, 1.165) is 29.8 Å². The van der Waals surface area contributed by atoms with Gasteiger partial charge in [0.05, 0.1) is 11.4 Å². The van der Waals surface area contributed by atoms with E-state index in [1.165, 1.54) is 5.56 Å². The van der Waals surface area contributed by atoms with Gasteiger partial charge in [-0.2, -0.15) is 5.10 Å². The molecule has 0 saturated carbocycles. The normalized spacial score (nSPS) is 14.8. The molecule has 0 fully saturated rings. The second kappa shape index (κ2) is 7.59. The van der Waals surface area contributed by atoms with Crippen molar-refractivity contribution in [2.45, 2.75) is 25.7 Å². The number of nitrogens with zero attached hydrogens (tertiary/aromatic N) is 3. The summed E-state index contributed by atoms with van der Waals surface area (Å²) in [5.41, 5.74) is 4.41. The minimum Gasteiger partial charge on any atom is -0.342 e. The fourth-order valence-corrected chi connectivity index (χ4v) is 3.98.